The fraction of sp³-hybridized carbons (Fsp3) is 0.294. The molecule has 27 heavy (non-hydrogen) atoms. The van der Waals surface area contributed by atoms with Crippen LogP contribution >= 0.6 is 27.5 Å². The highest BCUT2D eigenvalue weighted by Crippen LogP contribution is 2.55. The Morgan fingerprint density at radius 1 is 1.41 bits per heavy atom. The predicted octanol–water partition coefficient (Wildman–Crippen LogP) is 3.11. The van der Waals surface area contributed by atoms with Crippen LogP contribution in [0.5, 0.6) is 0 Å². The molecule has 10 heteroatoms. The summed E-state index contributed by atoms with van der Waals surface area (Å²) in [5, 5.41) is 2.76. The minimum Gasteiger partial charge on any atom is -0.328 e. The van der Waals surface area contributed by atoms with Gasteiger partial charge in [-0.1, -0.05) is 11.6 Å². The molecule has 1 spiro atoms. The molecule has 0 unspecified atom stereocenters. The molecular weight excluding hydrogens is 446 g/mol. The van der Waals surface area contributed by atoms with Gasteiger partial charge in [0.1, 0.15) is 18.5 Å². The number of aromatic nitrogens is 2. The van der Waals surface area contributed by atoms with E-state index in [-0.39, 0.29) is 41.1 Å². The maximum atomic E-state index is 14.6. The van der Waals surface area contributed by atoms with Crippen LogP contribution in [-0.4, -0.2) is 45.9 Å². The molecule has 1 fully saturated rings. The number of hydrogen-bond acceptors (Lipinski definition) is 4. The van der Waals surface area contributed by atoms with E-state index in [2.05, 4.69) is 31.2 Å². The summed E-state index contributed by atoms with van der Waals surface area (Å²) >= 11 is 8.77. The van der Waals surface area contributed by atoms with Crippen LogP contribution in [0, 0.1) is 5.82 Å². The van der Waals surface area contributed by atoms with Gasteiger partial charge >= 0.3 is 0 Å². The summed E-state index contributed by atoms with van der Waals surface area (Å²) in [6.45, 7) is -0.390. The molecule has 4 rings (SSSR count). The zero-order valence-electron chi connectivity index (χ0n) is 13.7. The van der Waals surface area contributed by atoms with Gasteiger partial charge in [-0.2, -0.15) is 0 Å². The minimum absolute atomic E-state index is 0.0359. The fourth-order valence-corrected chi connectivity index (χ4v) is 3.83. The van der Waals surface area contributed by atoms with Crippen LogP contribution in [0.4, 0.5) is 14.7 Å². The number of rotatable bonds is 3. The normalized spacial score (nSPS) is 23.3. The van der Waals surface area contributed by atoms with E-state index in [0.717, 1.165) is 0 Å². The highest BCUT2D eigenvalue weighted by Gasteiger charge is 2.62. The van der Waals surface area contributed by atoms with Crippen molar-refractivity contribution in [2.75, 3.05) is 18.4 Å². The number of benzene rings is 1. The third-order valence-corrected chi connectivity index (χ3v) is 5.58. The lowest BCUT2D eigenvalue weighted by atomic mass is 9.85. The third kappa shape index (κ3) is 3.08. The summed E-state index contributed by atoms with van der Waals surface area (Å²) in [7, 11) is 0. The second kappa shape index (κ2) is 6.49. The molecule has 2 heterocycles. The Morgan fingerprint density at radius 2 is 2.07 bits per heavy atom. The number of nitrogens with one attached hydrogen (secondary N) is 1. The molecule has 1 aromatic heterocycles. The van der Waals surface area contributed by atoms with E-state index in [1.807, 2.05) is 0 Å². The fourth-order valence-electron chi connectivity index (χ4n) is 3.40. The quantitative estimate of drug-likeness (QED) is 0.769. The number of amides is 2. The first kappa shape index (κ1) is 18.2. The Bertz CT molecular complexity index is 959. The molecule has 0 radical (unpaired) electrons. The smallest absolute Gasteiger partial charge is 0.254 e. The van der Waals surface area contributed by atoms with Crippen LogP contribution < -0.4 is 5.32 Å². The maximum absolute atomic E-state index is 14.6. The van der Waals surface area contributed by atoms with E-state index >= 15 is 0 Å². The summed E-state index contributed by atoms with van der Waals surface area (Å²) < 4.78 is 29.0. The van der Waals surface area contributed by atoms with Crippen molar-refractivity contribution in [3.63, 3.8) is 0 Å². The Labute approximate surface area is 166 Å². The zero-order chi connectivity index (χ0) is 19.3. The first-order chi connectivity index (χ1) is 12.8. The minimum atomic E-state index is -1.27. The Kier molecular flexibility index (Phi) is 4.38. The summed E-state index contributed by atoms with van der Waals surface area (Å²) in [6.07, 6.45) is 1.48. The topological polar surface area (TPSA) is 75.2 Å². The number of nitrogens with zero attached hydrogens (tertiary/aromatic N) is 3. The Balaban J connectivity index is 1.58. The van der Waals surface area contributed by atoms with Crippen LogP contribution in [-0.2, 0) is 10.2 Å². The van der Waals surface area contributed by atoms with E-state index in [9.17, 15) is 18.4 Å². The molecule has 1 aromatic carbocycles. The second-order valence-corrected chi connectivity index (χ2v) is 7.84. The van der Waals surface area contributed by atoms with Gasteiger partial charge in [-0.25, -0.2) is 18.7 Å². The van der Waals surface area contributed by atoms with Gasteiger partial charge in [0.2, 0.25) is 11.9 Å². The van der Waals surface area contributed by atoms with E-state index in [1.165, 1.54) is 29.4 Å². The van der Waals surface area contributed by atoms with E-state index in [0.29, 0.717) is 5.02 Å². The lowest BCUT2D eigenvalue weighted by Gasteiger charge is -2.34. The van der Waals surface area contributed by atoms with Gasteiger partial charge in [-0.05, 0) is 34.5 Å². The summed E-state index contributed by atoms with van der Waals surface area (Å²) in [5.41, 5.74) is -0.932. The molecule has 1 N–H and O–H groups in total. The lowest BCUT2D eigenvalue weighted by molar-refractivity contribution is -0.117. The first-order valence-electron chi connectivity index (χ1n) is 8.01. The van der Waals surface area contributed by atoms with E-state index < -0.39 is 29.2 Å². The SMILES string of the molecule is O=C(CN1C[C@]2(C[C@@H]2F)c2c(ccc(Br)c2F)C1=O)Nc1ncc(Cl)cn1. The highest BCUT2D eigenvalue weighted by atomic mass is 79.9. The Hall–Kier alpha value is -2.13. The van der Waals surface area contributed by atoms with Gasteiger partial charge in [0.25, 0.3) is 5.91 Å². The molecule has 140 valence electrons. The van der Waals surface area contributed by atoms with Crippen LogP contribution in [0.3, 0.4) is 0 Å². The summed E-state index contributed by atoms with van der Waals surface area (Å²) in [5.74, 6) is -1.65. The predicted molar refractivity (Wildman–Crippen MR) is 96.9 cm³/mol. The van der Waals surface area contributed by atoms with Crippen molar-refractivity contribution in [3.8, 4) is 0 Å². The highest BCUT2D eigenvalue weighted by molar-refractivity contribution is 9.10. The van der Waals surface area contributed by atoms with Crippen molar-refractivity contribution in [1.82, 2.24) is 14.9 Å². The standard InChI is InChI=1S/C17H12BrClF2N4O2/c18-10-2-1-9-13(14(10)21)17(3-11(17)20)7-25(15(9)27)6-12(26)24-16-22-4-8(19)5-23-16/h1-2,4-5,11H,3,6-7H2,(H,22,23,24,26)/t11-,17-/m0/s1. The van der Waals surface area contributed by atoms with Gasteiger partial charge in [0, 0.05) is 17.7 Å². The van der Waals surface area contributed by atoms with Crippen LogP contribution in [0.25, 0.3) is 0 Å². The molecule has 1 aliphatic carbocycles. The van der Waals surface area contributed by atoms with Gasteiger partial charge in [-0.15, -0.1) is 0 Å². The molecule has 2 atom stereocenters. The van der Waals surface area contributed by atoms with Crippen LogP contribution in [0.15, 0.2) is 29.0 Å². The van der Waals surface area contributed by atoms with Gasteiger partial charge in [0.05, 0.1) is 27.3 Å². The van der Waals surface area contributed by atoms with Gasteiger partial charge < -0.3 is 4.90 Å². The van der Waals surface area contributed by atoms with Crippen molar-refractivity contribution in [3.05, 3.63) is 51.0 Å². The van der Waals surface area contributed by atoms with Crippen molar-refractivity contribution in [2.24, 2.45) is 0 Å². The number of hydrogen-bond donors (Lipinski definition) is 1. The van der Waals surface area contributed by atoms with Crippen molar-refractivity contribution < 1.29 is 18.4 Å². The number of anilines is 1. The molecular formula is C17H12BrClF2N4O2. The van der Waals surface area contributed by atoms with Crippen LogP contribution in [0.1, 0.15) is 22.3 Å². The number of carbonyl (C=O) groups is 2. The van der Waals surface area contributed by atoms with Crippen molar-refractivity contribution in [2.45, 2.75) is 18.0 Å². The third-order valence-electron chi connectivity index (χ3n) is 4.77. The summed E-state index contributed by atoms with van der Waals surface area (Å²) in [6, 6.07) is 2.85. The number of fused-ring (bicyclic) bond motifs is 2. The average Bonchev–Trinajstić information content (AvgIpc) is 3.26. The molecule has 2 aliphatic rings. The maximum Gasteiger partial charge on any atom is 0.254 e. The Morgan fingerprint density at radius 3 is 2.70 bits per heavy atom. The molecule has 2 aromatic rings. The van der Waals surface area contributed by atoms with Crippen molar-refractivity contribution >= 4 is 45.3 Å². The molecule has 1 saturated carbocycles. The van der Waals surface area contributed by atoms with E-state index in [1.54, 1.807) is 0 Å². The first-order valence-corrected chi connectivity index (χ1v) is 9.18. The molecule has 1 aliphatic heterocycles. The largest absolute Gasteiger partial charge is 0.328 e. The molecule has 0 bridgehead atoms. The number of alkyl halides is 1. The van der Waals surface area contributed by atoms with Gasteiger partial charge in [0.15, 0.2) is 0 Å². The zero-order valence-corrected chi connectivity index (χ0v) is 16.0. The second-order valence-electron chi connectivity index (χ2n) is 6.55. The molecule has 2 amide bonds. The number of carbonyl (C=O) groups excluding carboxylic acids is 2. The number of halogens is 4. The summed E-state index contributed by atoms with van der Waals surface area (Å²) in [4.78, 5) is 33.9. The van der Waals surface area contributed by atoms with E-state index in [4.69, 9.17) is 11.6 Å². The molecule has 0 saturated heterocycles. The van der Waals surface area contributed by atoms with Gasteiger partial charge in [-0.3, -0.25) is 14.9 Å². The monoisotopic (exact) mass is 456 g/mol. The lowest BCUT2D eigenvalue weighted by Crippen LogP contribution is -2.48. The molecule has 6 nitrogen and oxygen atoms in total. The van der Waals surface area contributed by atoms with Crippen molar-refractivity contribution in [1.29, 1.82) is 0 Å². The average molecular weight is 458 g/mol. The van der Waals surface area contributed by atoms with Crippen LogP contribution in [0.2, 0.25) is 5.02 Å².